The molecule has 0 saturated heterocycles. The molecule has 2 nitrogen and oxygen atoms in total. The van der Waals surface area contributed by atoms with Crippen LogP contribution in [0.25, 0.3) is 0 Å². The van der Waals surface area contributed by atoms with E-state index >= 15 is 0 Å². The van der Waals surface area contributed by atoms with Gasteiger partial charge < -0.3 is 10.2 Å². The molecule has 66 valence electrons. The van der Waals surface area contributed by atoms with Gasteiger partial charge in [-0.3, -0.25) is 0 Å². The van der Waals surface area contributed by atoms with Crippen LogP contribution in [0.3, 0.4) is 0 Å². The monoisotopic (exact) mass is 174 g/mol. The second-order valence-electron chi connectivity index (χ2n) is 2.40. The van der Waals surface area contributed by atoms with Crippen LogP contribution < -0.4 is 0 Å². The van der Waals surface area contributed by atoms with Gasteiger partial charge in [-0.25, -0.2) is 8.78 Å². The number of aliphatic hydroxyl groups is 2. The lowest BCUT2D eigenvalue weighted by atomic mass is 10.1. The smallest absolute Gasteiger partial charge is 0.126 e. The number of aliphatic hydroxyl groups excluding tert-OH is 2. The fourth-order valence-electron chi connectivity index (χ4n) is 0.873. The highest BCUT2D eigenvalue weighted by Crippen LogP contribution is 2.15. The highest BCUT2D eigenvalue weighted by atomic mass is 19.1. The first kappa shape index (κ1) is 9.09. The summed E-state index contributed by atoms with van der Waals surface area (Å²) in [5.74, 6) is -1.53. The average Bonchev–Trinajstić information content (AvgIpc) is 2.01. The predicted octanol–water partition coefficient (Wildman–Crippen LogP) is 0.990. The summed E-state index contributed by atoms with van der Waals surface area (Å²) in [6.45, 7) is -0.553. The van der Waals surface area contributed by atoms with E-state index in [0.717, 1.165) is 12.1 Å². The molecular weight excluding hydrogens is 166 g/mol. The van der Waals surface area contributed by atoms with E-state index in [1.54, 1.807) is 0 Å². The van der Waals surface area contributed by atoms with E-state index in [4.69, 9.17) is 10.2 Å². The Hall–Kier alpha value is -1.00. The van der Waals surface area contributed by atoms with E-state index in [1.165, 1.54) is 0 Å². The van der Waals surface area contributed by atoms with Crippen LogP contribution in [0.5, 0.6) is 0 Å². The van der Waals surface area contributed by atoms with Crippen molar-refractivity contribution in [1.82, 2.24) is 0 Å². The zero-order valence-corrected chi connectivity index (χ0v) is 6.17. The molecular formula is C8H8F2O2. The molecule has 0 aliphatic carbocycles. The van der Waals surface area contributed by atoms with Gasteiger partial charge in [-0.1, -0.05) is 0 Å². The van der Waals surface area contributed by atoms with Crippen LogP contribution in [0.15, 0.2) is 18.2 Å². The van der Waals surface area contributed by atoms with Gasteiger partial charge in [0, 0.05) is 6.07 Å². The molecule has 1 aromatic carbocycles. The average molecular weight is 174 g/mol. The van der Waals surface area contributed by atoms with Crippen molar-refractivity contribution in [2.24, 2.45) is 0 Å². The summed E-state index contributed by atoms with van der Waals surface area (Å²) in [4.78, 5) is 0. The van der Waals surface area contributed by atoms with E-state index in [2.05, 4.69) is 0 Å². The van der Waals surface area contributed by atoms with Crippen LogP contribution >= 0.6 is 0 Å². The van der Waals surface area contributed by atoms with E-state index in [0.29, 0.717) is 6.07 Å². The van der Waals surface area contributed by atoms with Gasteiger partial charge in [0.1, 0.15) is 17.7 Å². The number of halogens is 2. The van der Waals surface area contributed by atoms with E-state index in [9.17, 15) is 8.78 Å². The number of rotatable bonds is 2. The van der Waals surface area contributed by atoms with Gasteiger partial charge in [0.25, 0.3) is 0 Å². The summed E-state index contributed by atoms with van der Waals surface area (Å²) in [6.07, 6.45) is -1.23. The molecule has 0 heterocycles. The summed E-state index contributed by atoms with van der Waals surface area (Å²) >= 11 is 0. The van der Waals surface area contributed by atoms with Gasteiger partial charge in [-0.05, 0) is 17.7 Å². The highest BCUT2D eigenvalue weighted by Gasteiger charge is 2.08. The van der Waals surface area contributed by atoms with Crippen LogP contribution in [0, 0.1) is 11.6 Å². The van der Waals surface area contributed by atoms with E-state index < -0.39 is 24.3 Å². The van der Waals surface area contributed by atoms with Crippen LogP contribution in [0.1, 0.15) is 11.7 Å². The molecule has 2 N–H and O–H groups in total. The Bertz CT molecular complexity index is 256. The minimum atomic E-state index is -1.23. The Labute approximate surface area is 68.1 Å². The van der Waals surface area contributed by atoms with Gasteiger partial charge in [0.2, 0.25) is 0 Å². The molecule has 1 rings (SSSR count). The molecule has 0 bridgehead atoms. The summed E-state index contributed by atoms with van der Waals surface area (Å²) in [5, 5.41) is 17.5. The van der Waals surface area contributed by atoms with Crippen molar-refractivity contribution in [2.45, 2.75) is 6.10 Å². The molecule has 0 aliphatic heterocycles. The molecule has 0 amide bonds. The zero-order valence-electron chi connectivity index (χ0n) is 6.17. The highest BCUT2D eigenvalue weighted by molar-refractivity contribution is 5.20. The van der Waals surface area contributed by atoms with E-state index in [1.807, 2.05) is 0 Å². The molecule has 0 saturated carbocycles. The quantitative estimate of drug-likeness (QED) is 0.701. The Morgan fingerprint density at radius 2 is 1.67 bits per heavy atom. The maximum absolute atomic E-state index is 12.5. The largest absolute Gasteiger partial charge is 0.393 e. The standard InChI is InChI=1S/C8H8F2O2/c9-6-1-5(8(12)4-11)2-7(10)3-6/h1-3,8,11-12H,4H2. The third-order valence-corrected chi connectivity index (χ3v) is 1.44. The van der Waals surface area contributed by atoms with E-state index in [-0.39, 0.29) is 5.56 Å². The minimum absolute atomic E-state index is 0.0370. The van der Waals surface area contributed by atoms with Crippen molar-refractivity contribution in [3.8, 4) is 0 Å². The SMILES string of the molecule is OCC(O)c1cc(F)cc(F)c1. The number of hydrogen-bond donors (Lipinski definition) is 2. The van der Waals surface area contributed by atoms with Gasteiger partial charge in [-0.15, -0.1) is 0 Å². The van der Waals surface area contributed by atoms with Crippen LogP contribution in [-0.2, 0) is 0 Å². The topological polar surface area (TPSA) is 40.5 Å². The van der Waals surface area contributed by atoms with Crippen molar-refractivity contribution in [3.05, 3.63) is 35.4 Å². The van der Waals surface area contributed by atoms with Crippen molar-refractivity contribution in [3.63, 3.8) is 0 Å². The van der Waals surface area contributed by atoms with Crippen molar-refractivity contribution >= 4 is 0 Å². The molecule has 1 unspecified atom stereocenters. The molecule has 0 spiro atoms. The molecule has 0 fully saturated rings. The predicted molar refractivity (Wildman–Crippen MR) is 38.4 cm³/mol. The summed E-state index contributed by atoms with van der Waals surface area (Å²) in [5.41, 5.74) is 0.0370. The Morgan fingerprint density at radius 1 is 1.17 bits per heavy atom. The van der Waals surface area contributed by atoms with Crippen LogP contribution in [0.4, 0.5) is 8.78 Å². The van der Waals surface area contributed by atoms with Gasteiger partial charge in [-0.2, -0.15) is 0 Å². The first-order valence-corrected chi connectivity index (χ1v) is 3.38. The third-order valence-electron chi connectivity index (χ3n) is 1.44. The second kappa shape index (κ2) is 3.60. The maximum Gasteiger partial charge on any atom is 0.126 e. The Morgan fingerprint density at radius 3 is 2.08 bits per heavy atom. The number of benzene rings is 1. The Balaban J connectivity index is 3.00. The summed E-state index contributed by atoms with van der Waals surface area (Å²) < 4.78 is 25.0. The first-order chi connectivity index (χ1) is 5.63. The molecule has 1 atom stereocenters. The molecule has 0 aromatic heterocycles. The fourth-order valence-corrected chi connectivity index (χ4v) is 0.873. The van der Waals surface area contributed by atoms with Crippen molar-refractivity contribution < 1.29 is 19.0 Å². The molecule has 0 radical (unpaired) electrons. The Kier molecular flexibility index (Phi) is 2.73. The molecule has 12 heavy (non-hydrogen) atoms. The first-order valence-electron chi connectivity index (χ1n) is 3.38. The van der Waals surface area contributed by atoms with Gasteiger partial charge in [0.15, 0.2) is 0 Å². The van der Waals surface area contributed by atoms with Gasteiger partial charge >= 0.3 is 0 Å². The molecule has 0 aliphatic rings. The van der Waals surface area contributed by atoms with Crippen molar-refractivity contribution in [2.75, 3.05) is 6.61 Å². The second-order valence-corrected chi connectivity index (χ2v) is 2.40. The summed E-state index contributed by atoms with van der Waals surface area (Å²) in [6, 6.07) is 2.65. The lowest BCUT2D eigenvalue weighted by Gasteiger charge is -2.06. The zero-order chi connectivity index (χ0) is 9.14. The normalized spacial score (nSPS) is 13.0. The lowest BCUT2D eigenvalue weighted by molar-refractivity contribution is 0.0951. The maximum atomic E-state index is 12.5. The van der Waals surface area contributed by atoms with Gasteiger partial charge in [0.05, 0.1) is 6.61 Å². The third kappa shape index (κ3) is 1.99. The molecule has 4 heteroatoms. The van der Waals surface area contributed by atoms with Crippen molar-refractivity contribution in [1.29, 1.82) is 0 Å². The lowest BCUT2D eigenvalue weighted by Crippen LogP contribution is -2.03. The minimum Gasteiger partial charge on any atom is -0.393 e. The molecule has 1 aromatic rings. The fraction of sp³-hybridized carbons (Fsp3) is 0.250. The van der Waals surface area contributed by atoms with Crippen LogP contribution in [-0.4, -0.2) is 16.8 Å². The van der Waals surface area contributed by atoms with Crippen LogP contribution in [0.2, 0.25) is 0 Å². The number of hydrogen-bond acceptors (Lipinski definition) is 2. The summed E-state index contributed by atoms with van der Waals surface area (Å²) in [7, 11) is 0.